The molecule has 0 radical (unpaired) electrons. The number of likely N-dealkylation sites (tertiary alicyclic amines) is 1. The van der Waals surface area contributed by atoms with Crippen LogP contribution in [-0.2, 0) is 4.74 Å². The van der Waals surface area contributed by atoms with Crippen LogP contribution in [0.1, 0.15) is 51.2 Å². The van der Waals surface area contributed by atoms with Gasteiger partial charge in [0.1, 0.15) is 62.3 Å². The molecule has 6 aromatic rings. The molecule has 316 valence electrons. The van der Waals surface area contributed by atoms with E-state index in [-0.39, 0.29) is 62.4 Å². The molecule has 0 bridgehead atoms. The fourth-order valence-electron chi connectivity index (χ4n) is 5.82. The van der Waals surface area contributed by atoms with Gasteiger partial charge in [0, 0.05) is 35.6 Å². The van der Waals surface area contributed by atoms with E-state index < -0.39 is 17.2 Å². The lowest BCUT2D eigenvalue weighted by Crippen LogP contribution is -2.57. The second-order valence-corrected chi connectivity index (χ2v) is 17.0. The number of benzene rings is 4. The van der Waals surface area contributed by atoms with E-state index in [1.807, 2.05) is 57.2 Å². The lowest BCUT2D eigenvalue weighted by Gasteiger charge is -2.39. The first-order valence-electron chi connectivity index (χ1n) is 19.0. The van der Waals surface area contributed by atoms with Gasteiger partial charge in [0.15, 0.2) is 10.3 Å². The van der Waals surface area contributed by atoms with Crippen LogP contribution in [0.2, 0.25) is 0 Å². The minimum Gasteiger partial charge on any atom is -0.488 e. The summed E-state index contributed by atoms with van der Waals surface area (Å²) in [5, 5.41) is 10.3. The molecule has 8 rings (SSSR count). The Morgan fingerprint density at radius 2 is 1.15 bits per heavy atom. The van der Waals surface area contributed by atoms with Gasteiger partial charge in [-0.25, -0.2) is 23.5 Å². The second kappa shape index (κ2) is 18.3. The number of halogens is 2. The number of anilines is 6. The van der Waals surface area contributed by atoms with Gasteiger partial charge < -0.3 is 46.5 Å². The molecule has 0 saturated carbocycles. The molecule has 4 aromatic carbocycles. The number of nitrogens with two attached hydrogens (primary N) is 2. The maximum absolute atomic E-state index is 13.4. The Morgan fingerprint density at radius 3 is 1.54 bits per heavy atom. The molecule has 0 atom stereocenters. The zero-order valence-electron chi connectivity index (χ0n) is 33.2. The highest BCUT2D eigenvalue weighted by Crippen LogP contribution is 2.32. The third kappa shape index (κ3) is 11.2. The van der Waals surface area contributed by atoms with Gasteiger partial charge in [-0.05, 0) is 93.6 Å². The number of nitrogen functional groups attached to an aromatic ring is 2. The summed E-state index contributed by atoms with van der Waals surface area (Å²) in [7, 11) is 0. The predicted molar refractivity (Wildman–Crippen MR) is 232 cm³/mol. The predicted octanol–water partition coefficient (Wildman–Crippen LogP) is 8.03. The van der Waals surface area contributed by atoms with Crippen LogP contribution in [0, 0.1) is 11.6 Å². The van der Waals surface area contributed by atoms with Gasteiger partial charge in [0.2, 0.25) is 11.6 Å². The van der Waals surface area contributed by atoms with Crippen molar-refractivity contribution >= 4 is 73.6 Å². The lowest BCUT2D eigenvalue weighted by molar-refractivity contribution is -0.0221. The highest BCUT2D eigenvalue weighted by Gasteiger charge is 2.35. The van der Waals surface area contributed by atoms with Gasteiger partial charge in [-0.3, -0.25) is 9.59 Å². The van der Waals surface area contributed by atoms with Gasteiger partial charge in [-0.15, -0.1) is 0 Å². The van der Waals surface area contributed by atoms with E-state index in [1.54, 1.807) is 23.1 Å². The number of carbonyl (C=O) groups excluding carboxylic acids is 3. The van der Waals surface area contributed by atoms with Crippen molar-refractivity contribution in [2.24, 2.45) is 0 Å². The van der Waals surface area contributed by atoms with E-state index in [9.17, 15) is 23.2 Å². The summed E-state index contributed by atoms with van der Waals surface area (Å²) in [6.45, 7) is 8.15. The smallest absolute Gasteiger partial charge is 0.410 e. The van der Waals surface area contributed by atoms with E-state index in [4.69, 9.17) is 25.7 Å². The second-order valence-electron chi connectivity index (χ2n) is 15.0. The molecule has 0 aliphatic carbocycles. The van der Waals surface area contributed by atoms with Crippen molar-refractivity contribution in [3.8, 4) is 11.5 Å². The summed E-state index contributed by atoms with van der Waals surface area (Å²) in [6, 6.07) is 25.7. The fourth-order valence-corrected chi connectivity index (χ4v) is 7.55. The number of thiazole rings is 2. The topological polar surface area (TPSA) is 196 Å². The van der Waals surface area contributed by atoms with Gasteiger partial charge >= 0.3 is 6.09 Å². The number of aromatic nitrogens is 2. The van der Waals surface area contributed by atoms with Crippen molar-refractivity contribution in [2.45, 2.75) is 38.6 Å². The van der Waals surface area contributed by atoms with Crippen LogP contribution in [0.25, 0.3) is 0 Å². The van der Waals surface area contributed by atoms with E-state index >= 15 is 0 Å². The average Bonchev–Trinajstić information content (AvgIpc) is 3.74. The average molecular weight is 869 g/mol. The van der Waals surface area contributed by atoms with Crippen molar-refractivity contribution in [1.29, 1.82) is 0 Å². The largest absolute Gasteiger partial charge is 0.488 e. The van der Waals surface area contributed by atoms with Crippen LogP contribution in [0.5, 0.6) is 11.5 Å². The molecule has 2 aliphatic rings. The third-order valence-electron chi connectivity index (χ3n) is 8.95. The first-order chi connectivity index (χ1) is 29.2. The summed E-state index contributed by atoms with van der Waals surface area (Å²) < 4.78 is 43.8. The van der Waals surface area contributed by atoms with Crippen LogP contribution in [0.3, 0.4) is 0 Å². The lowest BCUT2D eigenvalue weighted by atomic mass is 10.1. The number of carbonyl (C=O) groups is 3. The molecule has 2 saturated heterocycles. The molecule has 18 heteroatoms. The maximum atomic E-state index is 13.4. The molecule has 2 aromatic heterocycles. The van der Waals surface area contributed by atoms with Crippen LogP contribution in [0.15, 0.2) is 97.1 Å². The van der Waals surface area contributed by atoms with Gasteiger partial charge in [0.25, 0.3) is 0 Å². The Labute approximate surface area is 357 Å². The minimum atomic E-state index is -0.526. The van der Waals surface area contributed by atoms with Crippen LogP contribution in [-0.4, -0.2) is 76.5 Å². The van der Waals surface area contributed by atoms with Crippen molar-refractivity contribution in [1.82, 2.24) is 20.2 Å². The van der Waals surface area contributed by atoms with Gasteiger partial charge in [-0.2, -0.15) is 0 Å². The van der Waals surface area contributed by atoms with E-state index in [1.165, 1.54) is 42.5 Å². The quantitative estimate of drug-likeness (QED) is 0.0743. The SMILES string of the molecule is CC(C)(C)OC(=O)N1CC(Oc2ccc(Nc3nc(N)c(C(=O)c4cccc(F)c4)s3)cc2)C1.Nc1nc(Nc2ccc(OC3CNC3)cc2)sc1C(=O)c1cccc(F)c1. The number of hydrogen-bond donors (Lipinski definition) is 5. The Kier molecular flexibility index (Phi) is 12.8. The molecule has 7 N–H and O–H groups in total. The van der Waals surface area contributed by atoms with Crippen molar-refractivity contribution < 1.29 is 37.4 Å². The summed E-state index contributed by atoms with van der Waals surface area (Å²) in [6.07, 6.45) is -0.217. The first kappa shape index (κ1) is 42.5. The Bertz CT molecular complexity index is 2520. The molecule has 0 unspecified atom stereocenters. The summed E-state index contributed by atoms with van der Waals surface area (Å²) in [5.74, 6) is -0.0259. The monoisotopic (exact) mass is 868 g/mol. The standard InChI is InChI=1S/C24H25FN4O4S.C19H17FN4O2S/c1-24(2,3)33-23(31)29-12-18(13-29)32-17-9-7-16(8-10-17)27-22-28-21(26)20(34-22)19(30)14-5-4-6-15(25)11-14;20-12-3-1-2-11(8-12)16(25)17-18(21)24-19(27-17)23-13-4-6-14(7-5-13)26-15-9-22-10-15/h4-11,18H,12-13,26H2,1-3H3,(H,27,28);1-8,15,22H,9-10,21H2,(H,23,24). The zero-order valence-corrected chi connectivity index (χ0v) is 34.9. The molecular weight excluding hydrogens is 827 g/mol. The van der Waals surface area contributed by atoms with Crippen LogP contribution >= 0.6 is 22.7 Å². The fraction of sp³-hybridized carbons (Fsp3) is 0.233. The molecule has 14 nitrogen and oxygen atoms in total. The number of nitrogens with zero attached hydrogens (tertiary/aromatic N) is 3. The minimum absolute atomic E-state index is 0.0845. The summed E-state index contributed by atoms with van der Waals surface area (Å²) in [4.78, 5) is 47.7. The molecular formula is C43H42F2N8O6S2. The molecule has 4 heterocycles. The maximum Gasteiger partial charge on any atom is 0.410 e. The molecule has 2 aliphatic heterocycles. The number of rotatable bonds is 12. The van der Waals surface area contributed by atoms with Crippen molar-refractivity contribution in [3.05, 3.63) is 130 Å². The molecule has 0 spiro atoms. The summed E-state index contributed by atoms with van der Waals surface area (Å²) in [5.41, 5.74) is 13.3. The normalized spacial score (nSPS) is 13.8. The van der Waals surface area contributed by atoms with Gasteiger partial charge in [0.05, 0.1) is 13.1 Å². The third-order valence-corrected chi connectivity index (χ3v) is 10.9. The Hall–Kier alpha value is -6.63. The number of ether oxygens (including phenoxy) is 3. The zero-order chi connectivity index (χ0) is 43.3. The molecule has 61 heavy (non-hydrogen) atoms. The first-order valence-corrected chi connectivity index (χ1v) is 20.7. The van der Waals surface area contributed by atoms with Gasteiger partial charge in [-0.1, -0.05) is 46.9 Å². The number of ketones is 2. The van der Waals surface area contributed by atoms with Crippen LogP contribution in [0.4, 0.5) is 46.8 Å². The van der Waals surface area contributed by atoms with Crippen LogP contribution < -0.4 is 36.9 Å². The van der Waals surface area contributed by atoms with Crippen molar-refractivity contribution in [2.75, 3.05) is 48.3 Å². The van der Waals surface area contributed by atoms with E-state index in [0.717, 1.165) is 52.9 Å². The number of amides is 1. The Morgan fingerprint density at radius 1 is 0.705 bits per heavy atom. The summed E-state index contributed by atoms with van der Waals surface area (Å²) >= 11 is 2.23. The van der Waals surface area contributed by atoms with E-state index in [2.05, 4.69) is 25.9 Å². The van der Waals surface area contributed by atoms with E-state index in [0.29, 0.717) is 29.1 Å². The Balaban J connectivity index is 0.000000189. The highest BCUT2D eigenvalue weighted by molar-refractivity contribution is 7.18. The molecule has 1 amide bonds. The highest BCUT2D eigenvalue weighted by atomic mass is 32.1. The number of hydrogen-bond acceptors (Lipinski definition) is 15. The van der Waals surface area contributed by atoms with Crippen molar-refractivity contribution in [3.63, 3.8) is 0 Å². The molecule has 2 fully saturated rings. The number of nitrogens with one attached hydrogen (secondary N) is 3.